The number of carbonyl (C=O) groups excluding carboxylic acids is 5. The Bertz CT molecular complexity index is 785. The van der Waals surface area contributed by atoms with E-state index in [1.807, 2.05) is 0 Å². The molecule has 2 rings (SSSR count). The average Bonchev–Trinajstić information content (AvgIpc) is 2.71. The standard InChI is InChI=1S/C21H18O7/c22-17(11-18(23)20(25)27-13-15-7-3-1-4-8-15)12-19(24)21(26)28-14-16-9-5-2-6-10-16/h1-10H,11-14H2. The zero-order valence-corrected chi connectivity index (χ0v) is 15.0. The van der Waals surface area contributed by atoms with Crippen molar-refractivity contribution in [3.63, 3.8) is 0 Å². The second-order valence-corrected chi connectivity index (χ2v) is 5.86. The lowest BCUT2D eigenvalue weighted by molar-refractivity contribution is -0.157. The Kier molecular flexibility index (Phi) is 7.77. The molecule has 0 aliphatic rings. The van der Waals surface area contributed by atoms with Gasteiger partial charge in [-0.25, -0.2) is 9.59 Å². The van der Waals surface area contributed by atoms with Crippen LogP contribution in [0.15, 0.2) is 60.7 Å². The molecule has 0 heterocycles. The highest BCUT2D eigenvalue weighted by Crippen LogP contribution is 2.04. The van der Waals surface area contributed by atoms with Gasteiger partial charge in [-0.2, -0.15) is 0 Å². The fourth-order valence-corrected chi connectivity index (χ4v) is 2.17. The Morgan fingerprint density at radius 2 is 0.929 bits per heavy atom. The fraction of sp³-hybridized carbons (Fsp3) is 0.190. The number of hydrogen-bond acceptors (Lipinski definition) is 7. The van der Waals surface area contributed by atoms with Crippen molar-refractivity contribution in [2.45, 2.75) is 26.1 Å². The second-order valence-electron chi connectivity index (χ2n) is 5.86. The van der Waals surface area contributed by atoms with E-state index in [1.54, 1.807) is 60.7 Å². The number of Topliss-reactive ketones (excluding diaryl/α,β-unsaturated/α-hetero) is 3. The molecule has 7 nitrogen and oxygen atoms in total. The normalized spacial score (nSPS) is 10.0. The topological polar surface area (TPSA) is 104 Å². The first-order chi connectivity index (χ1) is 13.5. The molecule has 0 bridgehead atoms. The van der Waals surface area contributed by atoms with Gasteiger partial charge in [0, 0.05) is 0 Å². The fourth-order valence-electron chi connectivity index (χ4n) is 2.17. The molecule has 0 aliphatic heterocycles. The van der Waals surface area contributed by atoms with Gasteiger partial charge in [-0.15, -0.1) is 0 Å². The molecule has 2 aromatic carbocycles. The van der Waals surface area contributed by atoms with Gasteiger partial charge in [-0.3, -0.25) is 14.4 Å². The van der Waals surface area contributed by atoms with Gasteiger partial charge in [0.05, 0.1) is 12.8 Å². The monoisotopic (exact) mass is 382 g/mol. The van der Waals surface area contributed by atoms with Crippen LogP contribution in [0.5, 0.6) is 0 Å². The molecule has 0 saturated heterocycles. The lowest BCUT2D eigenvalue weighted by Crippen LogP contribution is -2.25. The molecule has 0 aromatic heterocycles. The summed E-state index contributed by atoms with van der Waals surface area (Å²) < 4.78 is 9.63. The quantitative estimate of drug-likeness (QED) is 0.351. The molecule has 0 radical (unpaired) electrons. The number of carbonyl (C=O) groups is 5. The first-order valence-corrected chi connectivity index (χ1v) is 8.45. The van der Waals surface area contributed by atoms with Crippen LogP contribution in [-0.4, -0.2) is 29.3 Å². The summed E-state index contributed by atoms with van der Waals surface area (Å²) in [4.78, 5) is 58.5. The largest absolute Gasteiger partial charge is 0.455 e. The maximum Gasteiger partial charge on any atom is 0.375 e. The molecule has 144 valence electrons. The summed E-state index contributed by atoms with van der Waals surface area (Å²) in [5, 5.41) is 0. The maximum absolute atomic E-state index is 11.8. The summed E-state index contributed by atoms with van der Waals surface area (Å²) >= 11 is 0. The highest BCUT2D eigenvalue weighted by molar-refractivity contribution is 6.41. The summed E-state index contributed by atoms with van der Waals surface area (Å²) in [6.45, 7) is -0.214. The van der Waals surface area contributed by atoms with E-state index in [0.29, 0.717) is 11.1 Å². The third-order valence-corrected chi connectivity index (χ3v) is 3.60. The van der Waals surface area contributed by atoms with E-state index in [4.69, 9.17) is 9.47 Å². The third kappa shape index (κ3) is 6.95. The van der Waals surface area contributed by atoms with E-state index in [1.165, 1.54) is 0 Å². The van der Waals surface area contributed by atoms with Gasteiger partial charge in [0.15, 0.2) is 0 Å². The Labute approximate surface area is 161 Å². The molecule has 0 saturated carbocycles. The molecule has 0 unspecified atom stereocenters. The minimum atomic E-state index is -1.17. The van der Waals surface area contributed by atoms with Crippen molar-refractivity contribution in [2.24, 2.45) is 0 Å². The predicted molar refractivity (Wildman–Crippen MR) is 96.7 cm³/mol. The van der Waals surface area contributed by atoms with Crippen molar-refractivity contribution in [3.05, 3.63) is 71.8 Å². The molecule has 0 amide bonds. The van der Waals surface area contributed by atoms with Gasteiger partial charge >= 0.3 is 11.9 Å². The summed E-state index contributed by atoms with van der Waals surface area (Å²) in [6.07, 6.45) is -1.63. The first kappa shape index (κ1) is 20.7. The van der Waals surface area contributed by atoms with Crippen LogP contribution in [0.4, 0.5) is 0 Å². The van der Waals surface area contributed by atoms with Crippen LogP contribution < -0.4 is 0 Å². The van der Waals surface area contributed by atoms with Crippen LogP contribution in [-0.2, 0) is 46.7 Å². The molecule has 7 heteroatoms. The molecule has 0 spiro atoms. The lowest BCUT2D eigenvalue weighted by atomic mass is 10.1. The number of hydrogen-bond donors (Lipinski definition) is 0. The van der Waals surface area contributed by atoms with E-state index in [-0.39, 0.29) is 13.2 Å². The van der Waals surface area contributed by atoms with Gasteiger partial charge in [-0.05, 0) is 11.1 Å². The Balaban J connectivity index is 1.72. The average molecular weight is 382 g/mol. The zero-order chi connectivity index (χ0) is 20.4. The van der Waals surface area contributed by atoms with E-state index < -0.39 is 42.1 Å². The lowest BCUT2D eigenvalue weighted by Gasteiger charge is -2.05. The van der Waals surface area contributed by atoms with Crippen molar-refractivity contribution < 1.29 is 33.4 Å². The molecule has 0 N–H and O–H groups in total. The van der Waals surface area contributed by atoms with E-state index in [2.05, 4.69) is 0 Å². The van der Waals surface area contributed by atoms with Gasteiger partial charge in [0.2, 0.25) is 11.6 Å². The number of ketones is 3. The first-order valence-electron chi connectivity index (χ1n) is 8.45. The predicted octanol–water partition coefficient (Wildman–Crippen LogP) is 1.96. The van der Waals surface area contributed by atoms with Crippen LogP contribution in [0.3, 0.4) is 0 Å². The van der Waals surface area contributed by atoms with Crippen LogP contribution in [0.25, 0.3) is 0 Å². The van der Waals surface area contributed by atoms with Gasteiger partial charge in [-0.1, -0.05) is 60.7 Å². The van der Waals surface area contributed by atoms with Crippen LogP contribution in [0.1, 0.15) is 24.0 Å². The molecule has 28 heavy (non-hydrogen) atoms. The van der Waals surface area contributed by atoms with Crippen molar-refractivity contribution in [3.8, 4) is 0 Å². The highest BCUT2D eigenvalue weighted by atomic mass is 16.5. The number of rotatable bonds is 10. The Morgan fingerprint density at radius 1 is 0.571 bits per heavy atom. The molecular formula is C21H18O7. The van der Waals surface area contributed by atoms with Crippen LogP contribution in [0, 0.1) is 0 Å². The Hall–Kier alpha value is -3.61. The molecular weight excluding hydrogens is 364 g/mol. The third-order valence-electron chi connectivity index (χ3n) is 3.60. The van der Waals surface area contributed by atoms with Gasteiger partial charge in [0.25, 0.3) is 0 Å². The number of ether oxygens (including phenoxy) is 2. The van der Waals surface area contributed by atoms with Crippen molar-refractivity contribution in [1.82, 2.24) is 0 Å². The van der Waals surface area contributed by atoms with Crippen LogP contribution in [0.2, 0.25) is 0 Å². The van der Waals surface area contributed by atoms with Gasteiger partial charge in [0.1, 0.15) is 19.0 Å². The summed E-state index contributed by atoms with van der Waals surface area (Å²) in [5.74, 6) is -5.35. The van der Waals surface area contributed by atoms with E-state index in [9.17, 15) is 24.0 Å². The molecule has 0 aliphatic carbocycles. The van der Waals surface area contributed by atoms with E-state index in [0.717, 1.165) is 0 Å². The highest BCUT2D eigenvalue weighted by Gasteiger charge is 2.24. The van der Waals surface area contributed by atoms with Crippen molar-refractivity contribution >= 4 is 29.3 Å². The SMILES string of the molecule is O=C(CC(=O)C(=O)OCc1ccccc1)CC(=O)C(=O)OCc1ccccc1. The Morgan fingerprint density at radius 3 is 1.29 bits per heavy atom. The maximum atomic E-state index is 11.8. The zero-order valence-electron chi connectivity index (χ0n) is 15.0. The van der Waals surface area contributed by atoms with Crippen molar-refractivity contribution in [1.29, 1.82) is 0 Å². The minimum absolute atomic E-state index is 0.107. The summed E-state index contributed by atoms with van der Waals surface area (Å²) in [7, 11) is 0. The van der Waals surface area contributed by atoms with Crippen molar-refractivity contribution in [2.75, 3.05) is 0 Å². The second kappa shape index (κ2) is 10.5. The summed E-state index contributed by atoms with van der Waals surface area (Å²) in [5.41, 5.74) is 1.37. The molecule has 0 atom stereocenters. The molecule has 2 aromatic rings. The number of esters is 2. The smallest absolute Gasteiger partial charge is 0.375 e. The number of benzene rings is 2. The minimum Gasteiger partial charge on any atom is -0.455 e. The van der Waals surface area contributed by atoms with Crippen LogP contribution >= 0.6 is 0 Å². The molecule has 0 fully saturated rings. The van der Waals surface area contributed by atoms with Gasteiger partial charge < -0.3 is 9.47 Å². The van der Waals surface area contributed by atoms with E-state index >= 15 is 0 Å². The summed E-state index contributed by atoms with van der Waals surface area (Å²) in [6, 6.07) is 17.4.